The number of hydrogen-bond acceptors (Lipinski definition) is 5. The Kier molecular flexibility index (Phi) is 4.20. The molecular weight excluding hydrogens is 478 g/mol. The minimum atomic E-state index is -4.52. The summed E-state index contributed by atoms with van der Waals surface area (Å²) in [6.07, 6.45) is -1.84. The molecule has 0 aromatic carbocycles. The Hall–Kier alpha value is -2.44. The summed E-state index contributed by atoms with van der Waals surface area (Å²) in [5.41, 5.74) is 2.52. The highest BCUT2D eigenvalue weighted by Gasteiger charge is 2.45. The van der Waals surface area contributed by atoms with Gasteiger partial charge >= 0.3 is 12.2 Å². The number of ether oxygens (including phenoxy) is 1. The predicted molar refractivity (Wildman–Crippen MR) is 97.4 cm³/mol. The highest BCUT2D eigenvalue weighted by Crippen LogP contribution is 2.36. The van der Waals surface area contributed by atoms with Gasteiger partial charge in [-0.2, -0.15) is 18.2 Å². The van der Waals surface area contributed by atoms with Crippen LogP contribution in [0.2, 0.25) is 0 Å². The van der Waals surface area contributed by atoms with Gasteiger partial charge in [0, 0.05) is 23.9 Å². The lowest BCUT2D eigenvalue weighted by atomic mass is 10.0. The Morgan fingerprint density at radius 1 is 1.33 bits per heavy atom. The van der Waals surface area contributed by atoms with Crippen molar-refractivity contribution < 1.29 is 22.7 Å². The number of halogens is 4. The van der Waals surface area contributed by atoms with Crippen LogP contribution in [0.1, 0.15) is 16.1 Å². The lowest BCUT2D eigenvalue weighted by Crippen LogP contribution is -2.50. The highest BCUT2D eigenvalue weighted by atomic mass is 127. The van der Waals surface area contributed by atoms with Gasteiger partial charge in [-0.05, 0) is 28.7 Å². The molecule has 7 nitrogen and oxygen atoms in total. The smallest absolute Gasteiger partial charge is 0.409 e. The van der Waals surface area contributed by atoms with E-state index in [1.807, 2.05) is 27.9 Å². The van der Waals surface area contributed by atoms with Crippen LogP contribution in [0, 0.1) is 3.57 Å². The molecule has 0 saturated heterocycles. The number of nitrogens with zero attached hydrogens (tertiary/aromatic N) is 3. The summed E-state index contributed by atoms with van der Waals surface area (Å²) in [7, 11) is 1.43. The zero-order chi connectivity index (χ0) is 19.3. The van der Waals surface area contributed by atoms with Crippen LogP contribution in [-0.4, -0.2) is 45.2 Å². The molecule has 3 aromatic rings. The number of nitrogens with one attached hydrogen (secondary N) is 2. The fraction of sp³-hybridized carbons (Fsp3) is 0.250. The zero-order valence-corrected chi connectivity index (χ0v) is 15.8. The van der Waals surface area contributed by atoms with Gasteiger partial charge in [-0.15, -0.1) is 0 Å². The topological polar surface area (TPSA) is 92.8 Å². The van der Waals surface area contributed by atoms with E-state index in [0.29, 0.717) is 25.9 Å². The first kappa shape index (κ1) is 17.9. The molecule has 0 bridgehead atoms. The number of aromatic nitrogens is 4. The van der Waals surface area contributed by atoms with Crippen LogP contribution < -0.4 is 10.1 Å². The average Bonchev–Trinajstić information content (AvgIpc) is 2.97. The van der Waals surface area contributed by atoms with Gasteiger partial charge in [0.1, 0.15) is 17.1 Å². The second-order valence-electron chi connectivity index (χ2n) is 5.89. The van der Waals surface area contributed by atoms with E-state index in [9.17, 15) is 18.0 Å². The minimum Gasteiger partial charge on any atom is -0.467 e. The maximum absolute atomic E-state index is 13.1. The third-order valence-electron chi connectivity index (χ3n) is 4.26. The van der Waals surface area contributed by atoms with E-state index >= 15 is 0 Å². The number of pyridine rings is 1. The monoisotopic (exact) mass is 489 g/mol. The molecule has 1 amide bonds. The van der Waals surface area contributed by atoms with Gasteiger partial charge in [-0.3, -0.25) is 9.78 Å². The van der Waals surface area contributed by atoms with Gasteiger partial charge in [0.05, 0.1) is 28.1 Å². The average molecular weight is 489 g/mol. The predicted octanol–water partition coefficient (Wildman–Crippen LogP) is 2.85. The molecule has 0 fully saturated rings. The van der Waals surface area contributed by atoms with Crippen molar-refractivity contribution in [3.8, 4) is 17.3 Å². The number of amides is 1. The summed E-state index contributed by atoms with van der Waals surface area (Å²) in [6, 6.07) is -0.109. The second kappa shape index (κ2) is 6.32. The van der Waals surface area contributed by atoms with E-state index in [0.717, 1.165) is 0 Å². The Labute approximate surface area is 163 Å². The van der Waals surface area contributed by atoms with E-state index < -0.39 is 18.1 Å². The summed E-state index contributed by atoms with van der Waals surface area (Å²) in [6.45, 7) is 0. The summed E-state index contributed by atoms with van der Waals surface area (Å²) in [5.74, 6) is -0.754. The van der Waals surface area contributed by atoms with E-state index in [1.54, 1.807) is 12.3 Å². The van der Waals surface area contributed by atoms with Crippen molar-refractivity contribution in [1.29, 1.82) is 0 Å². The van der Waals surface area contributed by atoms with Crippen LogP contribution >= 0.6 is 22.6 Å². The van der Waals surface area contributed by atoms with Crippen LogP contribution in [0.25, 0.3) is 22.3 Å². The van der Waals surface area contributed by atoms with Crippen LogP contribution in [0.15, 0.2) is 18.5 Å². The molecule has 140 valence electrons. The summed E-state index contributed by atoms with van der Waals surface area (Å²) >= 11 is 1.95. The van der Waals surface area contributed by atoms with E-state index in [4.69, 9.17) is 4.74 Å². The molecule has 3 aromatic heterocycles. The standard InChI is InChI=1S/C16H11F3IN5O2/c1-27-15-22-5-8-12(25-15)6(2-3-21-8)13-11(20)10-7(23-13)4-9(16(17,18)19)24-14(10)26/h2-3,5,9,23H,4H2,1H3,(H,24,26). The molecule has 0 saturated carbocycles. The van der Waals surface area contributed by atoms with Gasteiger partial charge in [0.25, 0.3) is 5.91 Å². The van der Waals surface area contributed by atoms with Crippen LogP contribution in [0.5, 0.6) is 6.01 Å². The molecule has 4 rings (SSSR count). The number of fused-ring (bicyclic) bond motifs is 2. The van der Waals surface area contributed by atoms with E-state index in [1.165, 1.54) is 13.3 Å². The molecule has 2 N–H and O–H groups in total. The largest absolute Gasteiger partial charge is 0.467 e. The lowest BCUT2D eigenvalue weighted by molar-refractivity contribution is -0.153. The summed E-state index contributed by atoms with van der Waals surface area (Å²) in [5, 5.41) is 2.03. The quantitative estimate of drug-likeness (QED) is 0.541. The van der Waals surface area contributed by atoms with Gasteiger partial charge in [-0.25, -0.2) is 4.98 Å². The normalized spacial score (nSPS) is 16.9. The number of alkyl halides is 3. The number of carbonyl (C=O) groups excluding carboxylic acids is 1. The third-order valence-corrected chi connectivity index (χ3v) is 5.34. The van der Waals surface area contributed by atoms with Gasteiger partial charge < -0.3 is 15.0 Å². The van der Waals surface area contributed by atoms with Crippen LogP contribution in [-0.2, 0) is 6.42 Å². The molecule has 0 radical (unpaired) electrons. The van der Waals surface area contributed by atoms with Crippen molar-refractivity contribution >= 4 is 39.5 Å². The maximum atomic E-state index is 13.1. The number of carbonyl (C=O) groups is 1. The molecule has 0 aliphatic carbocycles. The van der Waals surface area contributed by atoms with Crippen LogP contribution in [0.3, 0.4) is 0 Å². The Bertz CT molecular complexity index is 1070. The molecule has 1 aliphatic heterocycles. The first-order valence-electron chi connectivity index (χ1n) is 7.73. The van der Waals surface area contributed by atoms with Gasteiger partial charge in [0.2, 0.25) is 0 Å². The number of rotatable bonds is 2. The summed E-state index contributed by atoms with van der Waals surface area (Å²) < 4.78 is 44.7. The second-order valence-corrected chi connectivity index (χ2v) is 6.97. The first-order chi connectivity index (χ1) is 12.8. The molecule has 1 aliphatic rings. The van der Waals surface area contributed by atoms with Crippen molar-refractivity contribution in [2.75, 3.05) is 7.11 Å². The molecule has 0 spiro atoms. The third kappa shape index (κ3) is 2.99. The first-order valence-corrected chi connectivity index (χ1v) is 8.81. The van der Waals surface area contributed by atoms with Crippen molar-refractivity contribution in [3.05, 3.63) is 33.3 Å². The zero-order valence-electron chi connectivity index (χ0n) is 13.7. The number of H-pyrrole nitrogens is 1. The molecule has 27 heavy (non-hydrogen) atoms. The lowest BCUT2D eigenvalue weighted by Gasteiger charge is -2.25. The number of hydrogen-bond donors (Lipinski definition) is 2. The fourth-order valence-corrected chi connectivity index (χ4v) is 4.00. The van der Waals surface area contributed by atoms with E-state index in [-0.39, 0.29) is 23.7 Å². The Morgan fingerprint density at radius 3 is 2.81 bits per heavy atom. The Morgan fingerprint density at radius 2 is 2.11 bits per heavy atom. The molecule has 1 unspecified atom stereocenters. The molecular formula is C16H11F3IN5O2. The van der Waals surface area contributed by atoms with Crippen molar-refractivity contribution in [2.24, 2.45) is 0 Å². The van der Waals surface area contributed by atoms with E-state index in [2.05, 4.69) is 19.9 Å². The van der Waals surface area contributed by atoms with Crippen LogP contribution in [0.4, 0.5) is 13.2 Å². The van der Waals surface area contributed by atoms with Gasteiger partial charge in [0.15, 0.2) is 0 Å². The maximum Gasteiger partial charge on any atom is 0.409 e. The van der Waals surface area contributed by atoms with Crippen molar-refractivity contribution in [2.45, 2.75) is 18.6 Å². The molecule has 11 heteroatoms. The minimum absolute atomic E-state index is 0.137. The fourth-order valence-electron chi connectivity index (χ4n) is 3.01. The molecule has 4 heterocycles. The SMILES string of the molecule is COc1ncc2nccc(-c3[nH]c4c(c3I)C(=O)NC(C(F)(F)F)C4)c2n1. The highest BCUT2D eigenvalue weighted by molar-refractivity contribution is 14.1. The number of aromatic amines is 1. The van der Waals surface area contributed by atoms with Crippen molar-refractivity contribution in [1.82, 2.24) is 25.3 Å². The van der Waals surface area contributed by atoms with Crippen molar-refractivity contribution in [3.63, 3.8) is 0 Å². The molecule has 1 atom stereocenters. The number of methoxy groups -OCH3 is 1. The summed E-state index contributed by atoms with van der Waals surface area (Å²) in [4.78, 5) is 27.7. The Balaban J connectivity index is 1.88. The van der Waals surface area contributed by atoms with Gasteiger partial charge in [-0.1, -0.05) is 0 Å².